The van der Waals surface area contributed by atoms with Crippen LogP contribution in [0.3, 0.4) is 0 Å². The third-order valence-corrected chi connectivity index (χ3v) is 3.11. The van der Waals surface area contributed by atoms with E-state index in [0.717, 1.165) is 17.1 Å². The van der Waals surface area contributed by atoms with Crippen LogP contribution >= 0.6 is 0 Å². The van der Waals surface area contributed by atoms with Gasteiger partial charge < -0.3 is 20.2 Å². The van der Waals surface area contributed by atoms with Crippen molar-refractivity contribution in [1.29, 1.82) is 0 Å². The van der Waals surface area contributed by atoms with Crippen molar-refractivity contribution in [1.82, 2.24) is 4.90 Å². The summed E-state index contributed by atoms with van der Waals surface area (Å²) in [7, 11) is 1.60. The Kier molecular flexibility index (Phi) is 4.22. The van der Waals surface area contributed by atoms with Gasteiger partial charge in [0.05, 0.1) is 12.8 Å². The first-order valence-electron chi connectivity index (χ1n) is 6.12. The van der Waals surface area contributed by atoms with Gasteiger partial charge in [-0.25, -0.2) is 4.79 Å². The van der Waals surface area contributed by atoms with Gasteiger partial charge in [0.15, 0.2) is 0 Å². The quantitative estimate of drug-likeness (QED) is 0.634. The summed E-state index contributed by atoms with van der Waals surface area (Å²) < 4.78 is 5.05. The maximum Gasteiger partial charge on any atom is 0.321 e. The van der Waals surface area contributed by atoms with Gasteiger partial charge in [-0.3, -0.25) is 0 Å². The van der Waals surface area contributed by atoms with E-state index in [0.29, 0.717) is 25.9 Å². The Bertz CT molecular complexity index is 461. The Morgan fingerprint density at radius 3 is 2.47 bits per heavy atom. The molecule has 1 fully saturated rings. The number of ether oxygens (including phenoxy) is 1. The van der Waals surface area contributed by atoms with Crippen molar-refractivity contribution < 1.29 is 14.7 Å². The highest BCUT2D eigenvalue weighted by Gasteiger charge is 2.19. The van der Waals surface area contributed by atoms with Crippen LogP contribution in [-0.2, 0) is 0 Å². The van der Waals surface area contributed by atoms with Crippen LogP contribution in [0.5, 0.6) is 5.75 Å². The maximum absolute atomic E-state index is 12.0. The lowest BCUT2D eigenvalue weighted by atomic mass is 10.1. The Morgan fingerprint density at radius 2 is 1.95 bits per heavy atom. The standard InChI is InChI=1S/C13H17N3O3/c1-19-12-4-2-10(3-5-12)14-13(17)16-8-6-11(15-18)7-9-16/h2-5,18H,6-9H2,1H3,(H,14,17). The number of oxime groups is 1. The molecule has 0 saturated carbocycles. The number of urea groups is 1. The third-order valence-electron chi connectivity index (χ3n) is 3.11. The molecule has 1 aromatic carbocycles. The molecule has 0 radical (unpaired) electrons. The van der Waals surface area contributed by atoms with E-state index in [4.69, 9.17) is 9.94 Å². The number of nitrogens with one attached hydrogen (secondary N) is 1. The van der Waals surface area contributed by atoms with Crippen LogP contribution in [-0.4, -0.2) is 42.0 Å². The van der Waals surface area contributed by atoms with E-state index >= 15 is 0 Å². The number of carbonyl (C=O) groups excluding carboxylic acids is 1. The van der Waals surface area contributed by atoms with Gasteiger partial charge in [-0.15, -0.1) is 0 Å². The number of piperidine rings is 1. The van der Waals surface area contributed by atoms with Crippen LogP contribution in [0.15, 0.2) is 29.4 Å². The molecule has 0 spiro atoms. The van der Waals surface area contributed by atoms with Gasteiger partial charge >= 0.3 is 6.03 Å². The molecular weight excluding hydrogens is 246 g/mol. The molecule has 1 aliphatic rings. The number of amides is 2. The van der Waals surface area contributed by atoms with Crippen LogP contribution in [0, 0.1) is 0 Å². The minimum Gasteiger partial charge on any atom is -0.497 e. The zero-order valence-electron chi connectivity index (χ0n) is 10.8. The van der Waals surface area contributed by atoms with Gasteiger partial charge in [0, 0.05) is 31.6 Å². The second-order valence-electron chi connectivity index (χ2n) is 4.31. The zero-order chi connectivity index (χ0) is 13.7. The summed E-state index contributed by atoms with van der Waals surface area (Å²) >= 11 is 0. The molecule has 2 rings (SSSR count). The van der Waals surface area contributed by atoms with Crippen LogP contribution < -0.4 is 10.1 Å². The number of hydrogen-bond donors (Lipinski definition) is 2. The summed E-state index contributed by atoms with van der Waals surface area (Å²) in [5.41, 5.74) is 1.47. The molecule has 2 N–H and O–H groups in total. The third kappa shape index (κ3) is 3.37. The number of rotatable bonds is 2. The molecule has 0 atom stereocenters. The predicted octanol–water partition coefficient (Wildman–Crippen LogP) is 2.15. The first-order valence-corrected chi connectivity index (χ1v) is 6.12. The van der Waals surface area contributed by atoms with Crippen molar-refractivity contribution >= 4 is 17.4 Å². The Balaban J connectivity index is 1.90. The molecule has 0 aliphatic carbocycles. The number of likely N-dealkylation sites (tertiary alicyclic amines) is 1. The lowest BCUT2D eigenvalue weighted by molar-refractivity contribution is 0.210. The van der Waals surface area contributed by atoms with E-state index in [1.807, 2.05) is 0 Å². The molecule has 19 heavy (non-hydrogen) atoms. The first kappa shape index (κ1) is 13.2. The molecule has 1 saturated heterocycles. The Morgan fingerprint density at radius 1 is 1.32 bits per heavy atom. The number of carbonyl (C=O) groups is 1. The van der Waals surface area contributed by atoms with Gasteiger partial charge in [0.2, 0.25) is 0 Å². The average molecular weight is 263 g/mol. The van der Waals surface area contributed by atoms with Gasteiger partial charge in [0.25, 0.3) is 0 Å². The molecule has 6 heteroatoms. The second-order valence-corrected chi connectivity index (χ2v) is 4.31. The van der Waals surface area contributed by atoms with E-state index < -0.39 is 0 Å². The SMILES string of the molecule is COc1ccc(NC(=O)N2CCC(=NO)CC2)cc1. The highest BCUT2D eigenvalue weighted by atomic mass is 16.5. The fourth-order valence-electron chi connectivity index (χ4n) is 1.94. The molecule has 2 amide bonds. The number of anilines is 1. The maximum atomic E-state index is 12.0. The van der Waals surface area contributed by atoms with E-state index in [1.54, 1.807) is 36.3 Å². The molecule has 0 aromatic heterocycles. The molecule has 1 aliphatic heterocycles. The van der Waals surface area contributed by atoms with Crippen molar-refractivity contribution in [2.45, 2.75) is 12.8 Å². The van der Waals surface area contributed by atoms with Crippen molar-refractivity contribution in [2.75, 3.05) is 25.5 Å². The molecule has 1 aromatic rings. The summed E-state index contributed by atoms with van der Waals surface area (Å²) in [6.45, 7) is 1.14. The topological polar surface area (TPSA) is 74.2 Å². The number of hydrogen-bond acceptors (Lipinski definition) is 4. The summed E-state index contributed by atoms with van der Waals surface area (Å²) in [5.74, 6) is 0.750. The smallest absolute Gasteiger partial charge is 0.321 e. The Hall–Kier alpha value is -2.24. The monoisotopic (exact) mass is 263 g/mol. The second kappa shape index (κ2) is 6.08. The molecule has 1 heterocycles. The molecule has 102 valence electrons. The zero-order valence-corrected chi connectivity index (χ0v) is 10.8. The van der Waals surface area contributed by atoms with Gasteiger partial charge in [-0.2, -0.15) is 0 Å². The van der Waals surface area contributed by atoms with Crippen LogP contribution in [0.4, 0.5) is 10.5 Å². The fraction of sp³-hybridized carbons (Fsp3) is 0.385. The minimum absolute atomic E-state index is 0.137. The van der Waals surface area contributed by atoms with E-state index in [2.05, 4.69) is 10.5 Å². The molecular formula is C13H17N3O3. The first-order chi connectivity index (χ1) is 9.22. The van der Waals surface area contributed by atoms with Crippen molar-refractivity contribution in [2.24, 2.45) is 5.16 Å². The number of methoxy groups -OCH3 is 1. The lowest BCUT2D eigenvalue weighted by Gasteiger charge is -2.27. The number of nitrogens with zero attached hydrogens (tertiary/aromatic N) is 2. The van der Waals surface area contributed by atoms with E-state index in [1.165, 1.54) is 0 Å². The fourth-order valence-corrected chi connectivity index (χ4v) is 1.94. The largest absolute Gasteiger partial charge is 0.497 e. The van der Waals surface area contributed by atoms with Gasteiger partial charge in [0.1, 0.15) is 5.75 Å². The Labute approximate surface area is 111 Å². The average Bonchev–Trinajstić information content (AvgIpc) is 2.48. The molecule has 6 nitrogen and oxygen atoms in total. The van der Waals surface area contributed by atoms with Crippen molar-refractivity contribution in [3.8, 4) is 5.75 Å². The van der Waals surface area contributed by atoms with Crippen molar-refractivity contribution in [3.63, 3.8) is 0 Å². The summed E-state index contributed by atoms with van der Waals surface area (Å²) in [4.78, 5) is 13.7. The summed E-state index contributed by atoms with van der Waals surface area (Å²) in [5, 5.41) is 14.7. The van der Waals surface area contributed by atoms with Gasteiger partial charge in [-0.05, 0) is 24.3 Å². The van der Waals surface area contributed by atoms with Crippen LogP contribution in [0.25, 0.3) is 0 Å². The predicted molar refractivity (Wildman–Crippen MR) is 72.0 cm³/mol. The van der Waals surface area contributed by atoms with Crippen LogP contribution in [0.2, 0.25) is 0 Å². The van der Waals surface area contributed by atoms with E-state index in [-0.39, 0.29) is 6.03 Å². The van der Waals surface area contributed by atoms with Crippen LogP contribution in [0.1, 0.15) is 12.8 Å². The van der Waals surface area contributed by atoms with Gasteiger partial charge in [-0.1, -0.05) is 5.16 Å². The number of benzene rings is 1. The highest BCUT2D eigenvalue weighted by Crippen LogP contribution is 2.16. The summed E-state index contributed by atoms with van der Waals surface area (Å²) in [6, 6.07) is 7.04. The highest BCUT2D eigenvalue weighted by molar-refractivity contribution is 5.92. The normalized spacial score (nSPS) is 15.0. The lowest BCUT2D eigenvalue weighted by Crippen LogP contribution is -2.41. The minimum atomic E-state index is -0.137. The van der Waals surface area contributed by atoms with E-state index in [9.17, 15) is 4.79 Å². The summed E-state index contributed by atoms with van der Waals surface area (Å²) in [6.07, 6.45) is 1.24. The molecule has 0 bridgehead atoms. The molecule has 0 unspecified atom stereocenters. The van der Waals surface area contributed by atoms with Crippen molar-refractivity contribution in [3.05, 3.63) is 24.3 Å².